The van der Waals surface area contributed by atoms with Crippen LogP contribution in [0.4, 0.5) is 0 Å². The molecule has 10 nitrogen and oxygen atoms in total. The van der Waals surface area contributed by atoms with Gasteiger partial charge in [0.2, 0.25) is 23.6 Å². The molecular weight excluding hydrogens is 570 g/mol. The van der Waals surface area contributed by atoms with Crippen molar-refractivity contribution in [3.05, 3.63) is 11.6 Å². The zero-order valence-corrected chi connectivity index (χ0v) is 30.0. The van der Waals surface area contributed by atoms with E-state index in [-0.39, 0.29) is 54.3 Å². The Kier molecular flexibility index (Phi) is 14.6. The predicted octanol–water partition coefficient (Wildman–Crippen LogP) is 3.72. The van der Waals surface area contributed by atoms with E-state index in [9.17, 15) is 24.3 Å². The summed E-state index contributed by atoms with van der Waals surface area (Å²) in [7, 11) is 1.74. The monoisotopic (exact) mass is 633 g/mol. The van der Waals surface area contributed by atoms with Crippen molar-refractivity contribution in [2.45, 2.75) is 144 Å². The average molecular weight is 634 g/mol. The van der Waals surface area contributed by atoms with Crippen molar-refractivity contribution in [2.24, 2.45) is 17.3 Å². The predicted molar refractivity (Wildman–Crippen MR) is 179 cm³/mol. The van der Waals surface area contributed by atoms with Crippen LogP contribution in [0.15, 0.2) is 11.6 Å². The van der Waals surface area contributed by atoms with Gasteiger partial charge in [-0.2, -0.15) is 0 Å². The van der Waals surface area contributed by atoms with Gasteiger partial charge in [0.05, 0.1) is 24.7 Å². The summed E-state index contributed by atoms with van der Waals surface area (Å²) in [5.74, 6) is -0.462. The third-order valence-electron chi connectivity index (χ3n) is 9.28. The number of carbonyl (C=O) groups excluding carboxylic acids is 4. The molecule has 0 aromatic rings. The fraction of sp³-hybridized carbons (Fsp3) is 0.829. The second-order valence-electron chi connectivity index (χ2n) is 15.4. The van der Waals surface area contributed by atoms with E-state index in [1.54, 1.807) is 23.8 Å². The van der Waals surface area contributed by atoms with Gasteiger partial charge in [-0.15, -0.1) is 0 Å². The van der Waals surface area contributed by atoms with Crippen LogP contribution in [-0.4, -0.2) is 106 Å². The smallest absolute Gasteiger partial charge is 0.249 e. The number of amides is 4. The van der Waals surface area contributed by atoms with Gasteiger partial charge >= 0.3 is 0 Å². The number of rotatable bonds is 13. The average Bonchev–Trinajstić information content (AvgIpc) is 3.46. The molecule has 0 aromatic heterocycles. The third-order valence-corrected chi connectivity index (χ3v) is 9.28. The Hall–Kier alpha value is -2.46. The highest BCUT2D eigenvalue weighted by Gasteiger charge is 2.40. The topological polar surface area (TPSA) is 122 Å². The first-order valence-corrected chi connectivity index (χ1v) is 17.1. The molecule has 0 spiro atoms. The van der Waals surface area contributed by atoms with E-state index < -0.39 is 23.5 Å². The quantitative estimate of drug-likeness (QED) is 0.266. The second kappa shape index (κ2) is 16.9. The van der Waals surface area contributed by atoms with Crippen LogP contribution in [0.3, 0.4) is 0 Å². The standard InChI is InChI=1S/C35H63N5O5/c1-22(2)19-26(21-41)36-31(42)28-16-14-18-40(28)33(44)25(7)20-29(23(3)4)38(11)34(45)30(35(8,9)10)37-32(43)27-15-12-13-17-39(27)24(5)6/h20,22-24,26-30,41H,12-19,21H2,1-11H3,(H,36,42)(H,37,43)/b25-20+/t26-,27+,28?,29+,30?/m0/s1. The van der Waals surface area contributed by atoms with Gasteiger partial charge in [-0.1, -0.05) is 61.0 Å². The van der Waals surface area contributed by atoms with Crippen LogP contribution in [-0.2, 0) is 19.2 Å². The van der Waals surface area contributed by atoms with Crippen molar-refractivity contribution in [1.82, 2.24) is 25.3 Å². The SMILES string of the molecule is C/C(=C\[C@H](C(C)C)N(C)C(=O)C(NC(=O)[C@H]1CCCCN1C(C)C)C(C)(C)C)C(=O)N1CCCC1C(=O)N[C@H](CO)CC(C)C. The number of nitrogens with zero attached hydrogens (tertiary/aromatic N) is 3. The summed E-state index contributed by atoms with van der Waals surface area (Å²) in [6.07, 6.45) is 6.61. The summed E-state index contributed by atoms with van der Waals surface area (Å²) >= 11 is 0. The van der Waals surface area contributed by atoms with Gasteiger partial charge < -0.3 is 25.5 Å². The lowest BCUT2D eigenvalue weighted by molar-refractivity contribution is -0.142. The van der Waals surface area contributed by atoms with E-state index in [0.717, 1.165) is 32.2 Å². The van der Waals surface area contributed by atoms with E-state index in [1.807, 2.05) is 54.5 Å². The normalized spacial score (nSPS) is 22.0. The number of aliphatic hydroxyl groups is 1. The van der Waals surface area contributed by atoms with Gasteiger partial charge in [-0.25, -0.2) is 0 Å². The number of likely N-dealkylation sites (N-methyl/N-ethyl adjacent to an activating group) is 1. The van der Waals surface area contributed by atoms with Crippen LogP contribution in [0.25, 0.3) is 0 Å². The first-order chi connectivity index (χ1) is 20.9. The van der Waals surface area contributed by atoms with Crippen molar-refractivity contribution < 1.29 is 24.3 Å². The zero-order chi connectivity index (χ0) is 34.2. The molecule has 0 bridgehead atoms. The van der Waals surface area contributed by atoms with E-state index in [1.165, 1.54) is 0 Å². The van der Waals surface area contributed by atoms with E-state index in [2.05, 4.69) is 29.4 Å². The molecule has 2 unspecified atom stereocenters. The maximum absolute atomic E-state index is 14.1. The zero-order valence-electron chi connectivity index (χ0n) is 30.0. The fourth-order valence-corrected chi connectivity index (χ4v) is 6.72. The number of hydrogen-bond acceptors (Lipinski definition) is 6. The molecule has 0 radical (unpaired) electrons. The van der Waals surface area contributed by atoms with E-state index >= 15 is 0 Å². The molecule has 0 saturated carbocycles. The van der Waals surface area contributed by atoms with Crippen LogP contribution in [0.5, 0.6) is 0 Å². The molecule has 2 fully saturated rings. The summed E-state index contributed by atoms with van der Waals surface area (Å²) in [6.45, 7) is 21.1. The highest BCUT2D eigenvalue weighted by atomic mass is 16.3. The van der Waals surface area contributed by atoms with E-state index in [4.69, 9.17) is 0 Å². The Balaban J connectivity index is 2.25. The molecule has 2 aliphatic heterocycles. The lowest BCUT2D eigenvalue weighted by Crippen LogP contribution is -2.60. The molecule has 2 aliphatic rings. The highest BCUT2D eigenvalue weighted by Crippen LogP contribution is 2.27. The van der Waals surface area contributed by atoms with Crippen molar-refractivity contribution in [3.8, 4) is 0 Å². The van der Waals surface area contributed by atoms with Crippen molar-refractivity contribution in [1.29, 1.82) is 0 Å². The number of likely N-dealkylation sites (tertiary alicyclic amines) is 2. The van der Waals surface area contributed by atoms with Crippen LogP contribution in [0.2, 0.25) is 0 Å². The summed E-state index contributed by atoms with van der Waals surface area (Å²) in [6, 6.07) is -2.10. The van der Waals surface area contributed by atoms with Gasteiger partial charge in [0.1, 0.15) is 12.1 Å². The molecule has 258 valence electrons. The largest absolute Gasteiger partial charge is 0.394 e. The first-order valence-electron chi connectivity index (χ1n) is 17.1. The molecule has 2 rings (SSSR count). The maximum Gasteiger partial charge on any atom is 0.249 e. The molecule has 5 atom stereocenters. The maximum atomic E-state index is 14.1. The molecule has 3 N–H and O–H groups in total. The summed E-state index contributed by atoms with van der Waals surface area (Å²) in [5, 5.41) is 15.8. The summed E-state index contributed by atoms with van der Waals surface area (Å²) < 4.78 is 0. The Morgan fingerprint density at radius 3 is 2.04 bits per heavy atom. The van der Waals surface area contributed by atoms with Crippen molar-refractivity contribution in [2.75, 3.05) is 26.7 Å². The van der Waals surface area contributed by atoms with E-state index in [0.29, 0.717) is 30.9 Å². The van der Waals surface area contributed by atoms with Crippen LogP contribution in [0, 0.1) is 17.3 Å². The molecule has 2 saturated heterocycles. The van der Waals surface area contributed by atoms with Crippen LogP contribution < -0.4 is 10.6 Å². The minimum atomic E-state index is -0.742. The van der Waals surface area contributed by atoms with Crippen molar-refractivity contribution in [3.63, 3.8) is 0 Å². The number of carbonyl (C=O) groups is 4. The van der Waals surface area contributed by atoms with Gasteiger partial charge in [0, 0.05) is 25.2 Å². The minimum Gasteiger partial charge on any atom is -0.394 e. The molecule has 0 aromatic carbocycles. The molecule has 10 heteroatoms. The molecule has 2 heterocycles. The van der Waals surface area contributed by atoms with Crippen molar-refractivity contribution >= 4 is 23.6 Å². The Labute approximate surface area is 272 Å². The summed E-state index contributed by atoms with van der Waals surface area (Å²) in [5.41, 5.74) is -0.0629. The van der Waals surface area contributed by atoms with Crippen LogP contribution in [0.1, 0.15) is 108 Å². The Morgan fingerprint density at radius 1 is 0.911 bits per heavy atom. The fourth-order valence-electron chi connectivity index (χ4n) is 6.72. The van der Waals surface area contributed by atoms with Gasteiger partial charge in [0.15, 0.2) is 0 Å². The highest BCUT2D eigenvalue weighted by molar-refractivity contribution is 5.97. The number of aliphatic hydroxyl groups excluding tert-OH is 1. The van der Waals surface area contributed by atoms with Gasteiger partial charge in [0.25, 0.3) is 0 Å². The molecular formula is C35H63N5O5. The lowest BCUT2D eigenvalue weighted by Gasteiger charge is -2.41. The second-order valence-corrected chi connectivity index (χ2v) is 15.4. The number of nitrogens with one attached hydrogen (secondary N) is 2. The number of hydrogen-bond donors (Lipinski definition) is 3. The van der Waals surface area contributed by atoms with Gasteiger partial charge in [-0.05, 0) is 76.7 Å². The Bertz CT molecular complexity index is 1050. The lowest BCUT2D eigenvalue weighted by atomic mass is 9.84. The van der Waals surface area contributed by atoms with Gasteiger partial charge in [-0.3, -0.25) is 24.1 Å². The molecule has 45 heavy (non-hydrogen) atoms. The minimum absolute atomic E-state index is 0.00758. The van der Waals surface area contributed by atoms with Crippen LogP contribution >= 0.6 is 0 Å². The molecule has 4 amide bonds. The number of piperidine rings is 1. The molecule has 0 aliphatic carbocycles. The Morgan fingerprint density at radius 2 is 1.51 bits per heavy atom. The summed E-state index contributed by atoms with van der Waals surface area (Å²) in [4.78, 5) is 60.1. The first kappa shape index (κ1) is 38.7. The third kappa shape index (κ3) is 10.5.